The number of amides is 2. The number of nitrogens with zero attached hydrogens (tertiary/aromatic N) is 1. The third-order valence-corrected chi connectivity index (χ3v) is 3.05. The molecule has 0 aliphatic rings. The molecule has 1 aromatic heterocycles. The van der Waals surface area contributed by atoms with Gasteiger partial charge in [0.1, 0.15) is 5.75 Å². The number of carbonyl (C=O) groups excluding carboxylic acids is 2. The molecule has 2 amide bonds. The number of rotatable bonds is 7. The van der Waals surface area contributed by atoms with Gasteiger partial charge in [0.25, 0.3) is 5.91 Å². The van der Waals surface area contributed by atoms with Gasteiger partial charge < -0.3 is 15.4 Å². The molecule has 2 rings (SSSR count). The van der Waals surface area contributed by atoms with E-state index in [-0.39, 0.29) is 18.4 Å². The molecule has 0 aliphatic heterocycles. The van der Waals surface area contributed by atoms with Gasteiger partial charge in [0.05, 0.1) is 13.2 Å². The molecule has 0 atom stereocenters. The highest BCUT2D eigenvalue weighted by Crippen LogP contribution is 2.11. The molecule has 0 aliphatic carbocycles. The molecule has 0 radical (unpaired) electrons. The predicted octanol–water partition coefficient (Wildman–Crippen LogP) is 1.53. The lowest BCUT2D eigenvalue weighted by Gasteiger charge is -2.08. The molecular formula is C17H19N3O3. The maximum absolute atomic E-state index is 12.0. The van der Waals surface area contributed by atoms with Crippen molar-refractivity contribution >= 4 is 11.8 Å². The average Bonchev–Trinajstić information content (AvgIpc) is 2.59. The van der Waals surface area contributed by atoms with Crippen LogP contribution in [0, 0.1) is 0 Å². The monoisotopic (exact) mass is 313 g/mol. The van der Waals surface area contributed by atoms with Crippen LogP contribution in [0.15, 0.2) is 48.8 Å². The highest BCUT2D eigenvalue weighted by atomic mass is 16.5. The fourth-order valence-electron chi connectivity index (χ4n) is 1.90. The number of aromatic nitrogens is 1. The van der Waals surface area contributed by atoms with E-state index >= 15 is 0 Å². The van der Waals surface area contributed by atoms with E-state index in [0.717, 1.165) is 5.56 Å². The summed E-state index contributed by atoms with van der Waals surface area (Å²) in [6.07, 6.45) is 3.35. The van der Waals surface area contributed by atoms with Gasteiger partial charge in [0.15, 0.2) is 0 Å². The Morgan fingerprint density at radius 2 is 1.91 bits per heavy atom. The van der Waals surface area contributed by atoms with Crippen LogP contribution in [0.5, 0.6) is 5.75 Å². The summed E-state index contributed by atoms with van der Waals surface area (Å²) in [7, 11) is 0. The Bertz CT molecular complexity index is 642. The van der Waals surface area contributed by atoms with Crippen molar-refractivity contribution in [1.82, 2.24) is 15.6 Å². The molecule has 23 heavy (non-hydrogen) atoms. The van der Waals surface area contributed by atoms with E-state index in [9.17, 15) is 9.59 Å². The minimum absolute atomic E-state index is 0.0771. The van der Waals surface area contributed by atoms with E-state index in [0.29, 0.717) is 24.5 Å². The van der Waals surface area contributed by atoms with Gasteiger partial charge in [-0.05, 0) is 42.8 Å². The van der Waals surface area contributed by atoms with Crippen molar-refractivity contribution < 1.29 is 14.3 Å². The zero-order chi connectivity index (χ0) is 16.5. The summed E-state index contributed by atoms with van der Waals surface area (Å²) in [6, 6.07) is 10.4. The number of nitrogens with one attached hydrogen (secondary N) is 2. The Hall–Kier alpha value is -2.89. The van der Waals surface area contributed by atoms with Gasteiger partial charge in [-0.15, -0.1) is 0 Å². The van der Waals surface area contributed by atoms with Gasteiger partial charge in [-0.2, -0.15) is 0 Å². The SMILES string of the molecule is CCOc1ccc(C(=O)NCC(=O)NCc2cccnc2)cc1. The van der Waals surface area contributed by atoms with Crippen molar-refractivity contribution in [3.05, 3.63) is 59.9 Å². The van der Waals surface area contributed by atoms with Crippen LogP contribution in [0.3, 0.4) is 0 Å². The number of hydrogen-bond acceptors (Lipinski definition) is 4. The zero-order valence-corrected chi connectivity index (χ0v) is 12.9. The van der Waals surface area contributed by atoms with Gasteiger partial charge in [0.2, 0.25) is 5.91 Å². The maximum Gasteiger partial charge on any atom is 0.251 e. The molecule has 6 nitrogen and oxygen atoms in total. The van der Waals surface area contributed by atoms with E-state index in [1.165, 1.54) is 0 Å². The first-order chi connectivity index (χ1) is 11.2. The lowest BCUT2D eigenvalue weighted by molar-refractivity contribution is -0.120. The van der Waals surface area contributed by atoms with E-state index in [1.807, 2.05) is 13.0 Å². The Morgan fingerprint density at radius 3 is 2.57 bits per heavy atom. The van der Waals surface area contributed by atoms with Gasteiger partial charge in [-0.3, -0.25) is 14.6 Å². The van der Waals surface area contributed by atoms with Gasteiger partial charge in [-0.25, -0.2) is 0 Å². The van der Waals surface area contributed by atoms with Crippen molar-refractivity contribution in [1.29, 1.82) is 0 Å². The van der Waals surface area contributed by atoms with E-state index in [4.69, 9.17) is 4.74 Å². The van der Waals surface area contributed by atoms with Crippen molar-refractivity contribution in [3.63, 3.8) is 0 Å². The summed E-state index contributed by atoms with van der Waals surface area (Å²) in [4.78, 5) is 27.6. The molecule has 0 spiro atoms. The highest BCUT2D eigenvalue weighted by molar-refractivity contribution is 5.96. The standard InChI is InChI=1S/C17H19N3O3/c1-2-23-15-7-5-14(6-8-15)17(22)20-12-16(21)19-11-13-4-3-9-18-10-13/h3-10H,2,11-12H2,1H3,(H,19,21)(H,20,22). The Balaban J connectivity index is 1.76. The Morgan fingerprint density at radius 1 is 1.13 bits per heavy atom. The number of benzene rings is 1. The summed E-state index contributed by atoms with van der Waals surface area (Å²) in [6.45, 7) is 2.77. The second-order valence-electron chi connectivity index (χ2n) is 4.78. The van der Waals surface area contributed by atoms with Crippen molar-refractivity contribution in [2.75, 3.05) is 13.2 Å². The topological polar surface area (TPSA) is 80.3 Å². The second-order valence-corrected chi connectivity index (χ2v) is 4.78. The van der Waals surface area contributed by atoms with Crippen LogP contribution in [0.1, 0.15) is 22.8 Å². The van der Waals surface area contributed by atoms with E-state index < -0.39 is 0 Å². The molecule has 6 heteroatoms. The quantitative estimate of drug-likeness (QED) is 0.812. The second kappa shape index (κ2) is 8.53. The summed E-state index contributed by atoms with van der Waals surface area (Å²) in [5.41, 5.74) is 1.38. The molecule has 120 valence electrons. The van der Waals surface area contributed by atoms with Crippen LogP contribution in [-0.4, -0.2) is 29.9 Å². The van der Waals surface area contributed by atoms with Gasteiger partial charge in [0, 0.05) is 24.5 Å². The fourth-order valence-corrected chi connectivity index (χ4v) is 1.90. The minimum atomic E-state index is -0.301. The summed E-state index contributed by atoms with van der Waals surface area (Å²) >= 11 is 0. The number of hydrogen-bond donors (Lipinski definition) is 2. The van der Waals surface area contributed by atoms with E-state index in [2.05, 4.69) is 15.6 Å². The van der Waals surface area contributed by atoms with Crippen LogP contribution in [0.4, 0.5) is 0 Å². The molecule has 0 bridgehead atoms. The molecule has 1 aromatic carbocycles. The molecule has 2 aromatic rings. The minimum Gasteiger partial charge on any atom is -0.494 e. The van der Waals surface area contributed by atoms with Crippen molar-refractivity contribution in [2.24, 2.45) is 0 Å². The number of carbonyl (C=O) groups is 2. The summed E-state index contributed by atoms with van der Waals surface area (Å²) < 4.78 is 5.31. The van der Waals surface area contributed by atoms with Gasteiger partial charge in [-0.1, -0.05) is 6.07 Å². The third kappa shape index (κ3) is 5.43. The normalized spacial score (nSPS) is 9.96. The fraction of sp³-hybridized carbons (Fsp3) is 0.235. The van der Waals surface area contributed by atoms with Crippen LogP contribution >= 0.6 is 0 Å². The average molecular weight is 313 g/mol. The first kappa shape index (κ1) is 16.5. The zero-order valence-electron chi connectivity index (χ0n) is 12.9. The largest absolute Gasteiger partial charge is 0.494 e. The predicted molar refractivity (Wildman–Crippen MR) is 86.0 cm³/mol. The lowest BCUT2D eigenvalue weighted by atomic mass is 10.2. The van der Waals surface area contributed by atoms with Gasteiger partial charge >= 0.3 is 0 Å². The highest BCUT2D eigenvalue weighted by Gasteiger charge is 2.08. The van der Waals surface area contributed by atoms with Crippen LogP contribution in [0.25, 0.3) is 0 Å². The molecule has 1 heterocycles. The molecule has 0 unspecified atom stereocenters. The first-order valence-electron chi connectivity index (χ1n) is 7.35. The number of ether oxygens (including phenoxy) is 1. The van der Waals surface area contributed by atoms with Crippen molar-refractivity contribution in [2.45, 2.75) is 13.5 Å². The smallest absolute Gasteiger partial charge is 0.251 e. The van der Waals surface area contributed by atoms with Crippen LogP contribution < -0.4 is 15.4 Å². The lowest BCUT2D eigenvalue weighted by Crippen LogP contribution is -2.36. The molecule has 2 N–H and O–H groups in total. The summed E-state index contributed by atoms with van der Waals surface area (Å²) in [5, 5.41) is 5.30. The number of pyridine rings is 1. The van der Waals surface area contributed by atoms with Crippen molar-refractivity contribution in [3.8, 4) is 5.75 Å². The Labute approximate surface area is 134 Å². The maximum atomic E-state index is 12.0. The molecule has 0 saturated heterocycles. The summed E-state index contributed by atoms with van der Waals surface area (Å²) in [5.74, 6) is 0.149. The van der Waals surface area contributed by atoms with Crippen LogP contribution in [0.2, 0.25) is 0 Å². The molecule has 0 saturated carbocycles. The third-order valence-electron chi connectivity index (χ3n) is 3.05. The van der Waals surface area contributed by atoms with Crippen LogP contribution in [-0.2, 0) is 11.3 Å². The Kier molecular flexibility index (Phi) is 6.11. The van der Waals surface area contributed by atoms with E-state index in [1.54, 1.807) is 42.7 Å². The molecular weight excluding hydrogens is 294 g/mol. The molecule has 0 fully saturated rings. The first-order valence-corrected chi connectivity index (χ1v) is 7.35.